The molecule has 90 valence electrons. The Balaban J connectivity index is 2.18. The third-order valence-electron chi connectivity index (χ3n) is 2.52. The van der Waals surface area contributed by atoms with Gasteiger partial charge in [0.1, 0.15) is 6.10 Å². The minimum absolute atomic E-state index is 0.000602. The molecule has 0 aliphatic rings. The lowest BCUT2D eigenvalue weighted by Crippen LogP contribution is -2.06. The van der Waals surface area contributed by atoms with Gasteiger partial charge in [-0.2, -0.15) is 5.10 Å². The van der Waals surface area contributed by atoms with Gasteiger partial charge in [-0.1, -0.05) is 12.1 Å². The molecule has 0 bridgehead atoms. The molecule has 5 heteroatoms. The monoisotopic (exact) mass is 238 g/mol. The van der Waals surface area contributed by atoms with Crippen molar-refractivity contribution in [1.29, 1.82) is 0 Å². The Kier molecular flexibility index (Phi) is 3.19. The van der Waals surface area contributed by atoms with E-state index in [-0.39, 0.29) is 12.0 Å². The number of rotatable bonds is 3. The lowest BCUT2D eigenvalue weighted by Gasteiger charge is -2.08. The number of halogens is 2. The van der Waals surface area contributed by atoms with Crippen LogP contribution in [0.15, 0.2) is 30.5 Å². The molecule has 0 saturated carbocycles. The van der Waals surface area contributed by atoms with Gasteiger partial charge in [0.25, 0.3) is 0 Å². The van der Waals surface area contributed by atoms with Crippen molar-refractivity contribution in [2.75, 3.05) is 0 Å². The van der Waals surface area contributed by atoms with E-state index >= 15 is 0 Å². The first-order valence-corrected chi connectivity index (χ1v) is 5.18. The zero-order valence-corrected chi connectivity index (χ0v) is 9.27. The Hall–Kier alpha value is -1.75. The Morgan fingerprint density at radius 1 is 1.35 bits per heavy atom. The minimum atomic E-state index is -0.938. The van der Waals surface area contributed by atoms with Gasteiger partial charge in [-0.3, -0.25) is 4.68 Å². The van der Waals surface area contributed by atoms with Crippen LogP contribution in [0.5, 0.6) is 0 Å². The van der Waals surface area contributed by atoms with Gasteiger partial charge in [0.2, 0.25) is 0 Å². The largest absolute Gasteiger partial charge is 0.386 e. The third-order valence-corrected chi connectivity index (χ3v) is 2.52. The molecule has 0 aliphatic carbocycles. The average Bonchev–Trinajstić information content (AvgIpc) is 2.72. The predicted octanol–water partition coefficient (Wildman–Crippen LogP) is 1.97. The fourth-order valence-electron chi connectivity index (χ4n) is 1.63. The summed E-state index contributed by atoms with van der Waals surface area (Å²) in [4.78, 5) is 0. The molecule has 3 nitrogen and oxygen atoms in total. The number of aliphatic hydroxyl groups is 1. The van der Waals surface area contributed by atoms with Crippen molar-refractivity contribution in [2.45, 2.75) is 12.5 Å². The van der Waals surface area contributed by atoms with E-state index in [0.717, 1.165) is 6.07 Å². The molecule has 17 heavy (non-hydrogen) atoms. The number of benzene rings is 1. The fraction of sp³-hybridized carbons (Fsp3) is 0.250. The number of aryl methyl sites for hydroxylation is 1. The molecule has 0 saturated heterocycles. The van der Waals surface area contributed by atoms with E-state index in [9.17, 15) is 13.9 Å². The third kappa shape index (κ3) is 2.50. The summed E-state index contributed by atoms with van der Waals surface area (Å²) in [6, 6.07) is 5.55. The molecule has 0 radical (unpaired) electrons. The molecule has 0 spiro atoms. The van der Waals surface area contributed by atoms with Gasteiger partial charge < -0.3 is 5.11 Å². The Morgan fingerprint density at radius 2 is 2.12 bits per heavy atom. The van der Waals surface area contributed by atoms with E-state index in [1.54, 1.807) is 24.0 Å². The van der Waals surface area contributed by atoms with Crippen molar-refractivity contribution in [2.24, 2.45) is 7.05 Å². The van der Waals surface area contributed by atoms with Crippen LogP contribution in [-0.2, 0) is 13.5 Å². The van der Waals surface area contributed by atoms with Crippen LogP contribution in [0, 0.1) is 11.6 Å². The Labute approximate surface area is 97.3 Å². The van der Waals surface area contributed by atoms with Gasteiger partial charge in [0.05, 0.1) is 5.69 Å². The van der Waals surface area contributed by atoms with E-state index in [0.29, 0.717) is 5.69 Å². The quantitative estimate of drug-likeness (QED) is 0.887. The zero-order valence-electron chi connectivity index (χ0n) is 9.27. The topological polar surface area (TPSA) is 38.0 Å². The summed E-state index contributed by atoms with van der Waals surface area (Å²) in [5.74, 6) is -1.82. The number of aliphatic hydroxyl groups excluding tert-OH is 1. The van der Waals surface area contributed by atoms with Crippen molar-refractivity contribution in [3.05, 3.63) is 53.4 Å². The van der Waals surface area contributed by atoms with Crippen molar-refractivity contribution in [3.63, 3.8) is 0 Å². The van der Waals surface area contributed by atoms with Gasteiger partial charge in [-0.15, -0.1) is 0 Å². The summed E-state index contributed by atoms with van der Waals surface area (Å²) < 4.78 is 27.9. The molecule has 1 aromatic heterocycles. The molecule has 0 aliphatic heterocycles. The lowest BCUT2D eigenvalue weighted by atomic mass is 10.1. The normalized spacial score (nSPS) is 12.7. The maximum atomic E-state index is 13.4. The van der Waals surface area contributed by atoms with Crippen LogP contribution in [0.3, 0.4) is 0 Å². The fourth-order valence-corrected chi connectivity index (χ4v) is 1.63. The number of hydrogen-bond acceptors (Lipinski definition) is 2. The molecule has 1 heterocycles. The van der Waals surface area contributed by atoms with Crippen molar-refractivity contribution in [3.8, 4) is 0 Å². The molecular weight excluding hydrogens is 226 g/mol. The van der Waals surface area contributed by atoms with Crippen LogP contribution in [-0.4, -0.2) is 14.9 Å². The molecule has 0 amide bonds. The SMILES string of the molecule is Cn1ccc(C(O)Cc2cccc(F)c2F)n1. The van der Waals surface area contributed by atoms with Crippen LogP contribution in [0.4, 0.5) is 8.78 Å². The van der Waals surface area contributed by atoms with Gasteiger partial charge in [0, 0.05) is 19.7 Å². The molecular formula is C12H12F2N2O. The second kappa shape index (κ2) is 4.63. The Bertz CT molecular complexity index is 525. The molecule has 0 fully saturated rings. The summed E-state index contributed by atoms with van der Waals surface area (Å²) in [6.07, 6.45) is 0.744. The van der Waals surface area contributed by atoms with E-state index < -0.39 is 17.7 Å². The summed E-state index contributed by atoms with van der Waals surface area (Å²) in [7, 11) is 1.72. The number of aromatic nitrogens is 2. The van der Waals surface area contributed by atoms with Crippen LogP contribution >= 0.6 is 0 Å². The molecule has 2 rings (SSSR count). The molecule has 2 aromatic rings. The standard InChI is InChI=1S/C12H12F2N2O/c1-16-6-5-10(15-16)11(17)7-8-3-2-4-9(13)12(8)14/h2-6,11,17H,7H2,1H3. The molecule has 1 unspecified atom stereocenters. The second-order valence-corrected chi connectivity index (χ2v) is 3.85. The van der Waals surface area contributed by atoms with Crippen molar-refractivity contribution < 1.29 is 13.9 Å². The Morgan fingerprint density at radius 3 is 2.76 bits per heavy atom. The summed E-state index contributed by atoms with van der Waals surface area (Å²) in [6.45, 7) is 0. The first-order chi connectivity index (χ1) is 8.08. The van der Waals surface area contributed by atoms with Crippen molar-refractivity contribution in [1.82, 2.24) is 9.78 Å². The second-order valence-electron chi connectivity index (χ2n) is 3.85. The summed E-state index contributed by atoms with van der Waals surface area (Å²) in [5.41, 5.74) is 0.583. The predicted molar refractivity (Wildman–Crippen MR) is 58.2 cm³/mol. The summed E-state index contributed by atoms with van der Waals surface area (Å²) >= 11 is 0. The minimum Gasteiger partial charge on any atom is -0.386 e. The summed E-state index contributed by atoms with van der Waals surface area (Å²) in [5, 5.41) is 13.8. The van der Waals surface area contributed by atoms with Crippen LogP contribution in [0.1, 0.15) is 17.4 Å². The highest BCUT2D eigenvalue weighted by atomic mass is 19.2. The molecule has 1 atom stereocenters. The van der Waals surface area contributed by atoms with Gasteiger partial charge in [-0.25, -0.2) is 8.78 Å². The van der Waals surface area contributed by atoms with E-state index in [1.807, 2.05) is 0 Å². The van der Waals surface area contributed by atoms with E-state index in [1.165, 1.54) is 12.1 Å². The molecule has 1 aromatic carbocycles. The highest BCUT2D eigenvalue weighted by molar-refractivity contribution is 5.21. The highest BCUT2D eigenvalue weighted by Gasteiger charge is 2.15. The first kappa shape index (κ1) is 11.7. The maximum absolute atomic E-state index is 13.4. The van der Waals surface area contributed by atoms with Gasteiger partial charge in [-0.05, 0) is 17.7 Å². The average molecular weight is 238 g/mol. The number of hydrogen-bond donors (Lipinski definition) is 1. The van der Waals surface area contributed by atoms with E-state index in [2.05, 4.69) is 5.10 Å². The van der Waals surface area contributed by atoms with Crippen LogP contribution in [0.25, 0.3) is 0 Å². The van der Waals surface area contributed by atoms with Gasteiger partial charge >= 0.3 is 0 Å². The van der Waals surface area contributed by atoms with Gasteiger partial charge in [0.15, 0.2) is 11.6 Å². The van der Waals surface area contributed by atoms with Crippen LogP contribution in [0.2, 0.25) is 0 Å². The van der Waals surface area contributed by atoms with Crippen LogP contribution < -0.4 is 0 Å². The van der Waals surface area contributed by atoms with Crippen molar-refractivity contribution >= 4 is 0 Å². The smallest absolute Gasteiger partial charge is 0.162 e. The zero-order chi connectivity index (χ0) is 12.4. The lowest BCUT2D eigenvalue weighted by molar-refractivity contribution is 0.171. The first-order valence-electron chi connectivity index (χ1n) is 5.18. The molecule has 1 N–H and O–H groups in total. The van der Waals surface area contributed by atoms with E-state index in [4.69, 9.17) is 0 Å². The number of nitrogens with zero attached hydrogens (tertiary/aromatic N) is 2. The maximum Gasteiger partial charge on any atom is 0.162 e. The highest BCUT2D eigenvalue weighted by Crippen LogP contribution is 2.19.